The van der Waals surface area contributed by atoms with Crippen molar-refractivity contribution in [2.45, 2.75) is 0 Å². The Balaban J connectivity index is 3.15. The van der Waals surface area contributed by atoms with E-state index in [2.05, 4.69) is 21.2 Å². The lowest BCUT2D eigenvalue weighted by Crippen LogP contribution is -1.98. The zero-order valence-corrected chi connectivity index (χ0v) is 8.39. The van der Waals surface area contributed by atoms with Gasteiger partial charge in [0.2, 0.25) is 6.41 Å². The molecule has 0 fully saturated rings. The molecule has 5 heteroatoms. The van der Waals surface area contributed by atoms with Crippen LogP contribution in [0.2, 0.25) is 0 Å². The molecule has 1 aromatic carbocycles. The molecule has 1 amide bonds. The van der Waals surface area contributed by atoms with Crippen molar-refractivity contribution in [3.63, 3.8) is 0 Å². The number of ether oxygens (including phenoxy) is 1. The molecule has 0 spiro atoms. The van der Waals surface area contributed by atoms with E-state index in [1.54, 1.807) is 0 Å². The van der Waals surface area contributed by atoms with Crippen molar-refractivity contribution in [1.29, 1.82) is 0 Å². The maximum absolute atomic E-state index is 13.0. The van der Waals surface area contributed by atoms with Crippen molar-refractivity contribution in [1.82, 2.24) is 0 Å². The molecule has 0 atom stereocenters. The van der Waals surface area contributed by atoms with Crippen LogP contribution in [0.1, 0.15) is 0 Å². The summed E-state index contributed by atoms with van der Waals surface area (Å²) < 4.78 is 18.2. The van der Waals surface area contributed by atoms with Gasteiger partial charge in [-0.25, -0.2) is 4.39 Å². The maximum Gasteiger partial charge on any atom is 0.211 e. The van der Waals surface area contributed by atoms with Gasteiger partial charge in [0.05, 0.1) is 17.3 Å². The largest absolute Gasteiger partial charge is 0.495 e. The molecule has 13 heavy (non-hydrogen) atoms. The van der Waals surface area contributed by atoms with Gasteiger partial charge in [-0.2, -0.15) is 0 Å². The molecule has 0 saturated carbocycles. The number of halogens is 2. The maximum atomic E-state index is 13.0. The van der Waals surface area contributed by atoms with Crippen molar-refractivity contribution in [3.05, 3.63) is 22.4 Å². The predicted molar refractivity (Wildman–Crippen MR) is 50.3 cm³/mol. The van der Waals surface area contributed by atoms with Crippen molar-refractivity contribution >= 4 is 28.0 Å². The van der Waals surface area contributed by atoms with Crippen LogP contribution in [-0.4, -0.2) is 13.5 Å². The monoisotopic (exact) mass is 247 g/mol. The van der Waals surface area contributed by atoms with Crippen molar-refractivity contribution in [2.24, 2.45) is 0 Å². The van der Waals surface area contributed by atoms with Gasteiger partial charge in [0.25, 0.3) is 0 Å². The van der Waals surface area contributed by atoms with Crippen molar-refractivity contribution < 1.29 is 13.9 Å². The van der Waals surface area contributed by atoms with Crippen LogP contribution in [0.4, 0.5) is 10.1 Å². The van der Waals surface area contributed by atoms with E-state index in [4.69, 9.17) is 4.74 Å². The van der Waals surface area contributed by atoms with Gasteiger partial charge < -0.3 is 10.1 Å². The van der Waals surface area contributed by atoms with Crippen molar-refractivity contribution in [3.8, 4) is 5.75 Å². The summed E-state index contributed by atoms with van der Waals surface area (Å²) in [5, 5.41) is 2.33. The fourth-order valence-electron chi connectivity index (χ4n) is 0.874. The quantitative estimate of drug-likeness (QED) is 0.832. The van der Waals surface area contributed by atoms with E-state index in [1.165, 1.54) is 19.2 Å². The third-order valence-electron chi connectivity index (χ3n) is 1.46. The number of methoxy groups -OCH3 is 1. The molecule has 0 bridgehead atoms. The predicted octanol–water partition coefficient (Wildman–Crippen LogP) is 2.17. The highest BCUT2D eigenvalue weighted by Gasteiger charge is 2.07. The Morgan fingerprint density at radius 3 is 2.85 bits per heavy atom. The minimum atomic E-state index is -0.454. The molecule has 0 aliphatic heterocycles. The average Bonchev–Trinajstić information content (AvgIpc) is 2.11. The van der Waals surface area contributed by atoms with Crippen LogP contribution in [-0.2, 0) is 4.79 Å². The van der Waals surface area contributed by atoms with Gasteiger partial charge in [-0.3, -0.25) is 4.79 Å². The van der Waals surface area contributed by atoms with Gasteiger partial charge in [-0.15, -0.1) is 0 Å². The summed E-state index contributed by atoms with van der Waals surface area (Å²) in [6.45, 7) is 0. The molecule has 0 radical (unpaired) electrons. The van der Waals surface area contributed by atoms with Gasteiger partial charge in [0, 0.05) is 6.07 Å². The van der Waals surface area contributed by atoms with E-state index >= 15 is 0 Å². The Kier molecular flexibility index (Phi) is 3.25. The lowest BCUT2D eigenvalue weighted by Gasteiger charge is -2.07. The van der Waals surface area contributed by atoms with Gasteiger partial charge in [-0.05, 0) is 22.0 Å². The van der Waals surface area contributed by atoms with Gasteiger partial charge in [-0.1, -0.05) is 0 Å². The molecule has 0 heterocycles. The van der Waals surface area contributed by atoms with Gasteiger partial charge in [0.15, 0.2) is 0 Å². The highest BCUT2D eigenvalue weighted by Crippen LogP contribution is 2.30. The topological polar surface area (TPSA) is 38.3 Å². The Hall–Kier alpha value is -1.10. The molecule has 70 valence electrons. The first-order valence-corrected chi connectivity index (χ1v) is 4.21. The highest BCUT2D eigenvalue weighted by molar-refractivity contribution is 9.10. The summed E-state index contributed by atoms with van der Waals surface area (Å²) in [6.07, 6.45) is 0.463. The fraction of sp³-hybridized carbons (Fsp3) is 0.125. The van der Waals surface area contributed by atoms with E-state index in [9.17, 15) is 9.18 Å². The van der Waals surface area contributed by atoms with E-state index in [1.807, 2.05) is 0 Å². The third kappa shape index (κ3) is 2.18. The number of carbonyl (C=O) groups is 1. The summed E-state index contributed by atoms with van der Waals surface area (Å²) in [4.78, 5) is 10.1. The number of nitrogens with one attached hydrogen (secondary N) is 1. The summed E-state index contributed by atoms with van der Waals surface area (Å²) in [6, 6.07) is 2.62. The minimum absolute atomic E-state index is 0.292. The second kappa shape index (κ2) is 4.23. The molecule has 1 rings (SSSR count). The van der Waals surface area contributed by atoms with Crippen LogP contribution < -0.4 is 10.1 Å². The van der Waals surface area contributed by atoms with E-state index in [0.717, 1.165) is 0 Å². The summed E-state index contributed by atoms with van der Waals surface area (Å²) >= 11 is 3.00. The first-order valence-electron chi connectivity index (χ1n) is 3.42. The second-order valence-corrected chi connectivity index (χ2v) is 3.08. The zero-order valence-electron chi connectivity index (χ0n) is 6.80. The molecular formula is C8H7BrFNO2. The van der Waals surface area contributed by atoms with Crippen LogP contribution in [0.5, 0.6) is 5.75 Å². The molecule has 0 saturated heterocycles. The third-order valence-corrected chi connectivity index (χ3v) is 2.06. The number of rotatable bonds is 3. The van der Waals surface area contributed by atoms with Crippen LogP contribution in [0.25, 0.3) is 0 Å². The van der Waals surface area contributed by atoms with Crippen molar-refractivity contribution in [2.75, 3.05) is 12.4 Å². The molecule has 0 aromatic heterocycles. The number of anilines is 1. The fourth-order valence-corrected chi connectivity index (χ4v) is 1.20. The van der Waals surface area contributed by atoms with Gasteiger partial charge >= 0.3 is 0 Å². The molecule has 0 unspecified atom stereocenters. The lowest BCUT2D eigenvalue weighted by molar-refractivity contribution is -0.105. The standard InChI is InChI=1S/C8H7BrFNO2/c1-13-8-2-5(9)6(10)3-7(8)11-4-12/h2-4H,1H3,(H,11,12). The molecule has 0 aliphatic rings. The van der Waals surface area contributed by atoms with Gasteiger partial charge in [0.1, 0.15) is 11.6 Å². The Morgan fingerprint density at radius 1 is 1.62 bits per heavy atom. The Morgan fingerprint density at radius 2 is 2.31 bits per heavy atom. The van der Waals surface area contributed by atoms with E-state index in [-0.39, 0.29) is 0 Å². The average molecular weight is 248 g/mol. The van der Waals surface area contributed by atoms with Crippen LogP contribution in [0.3, 0.4) is 0 Å². The first kappa shape index (κ1) is 9.98. The van der Waals surface area contributed by atoms with Crippen LogP contribution >= 0.6 is 15.9 Å². The second-order valence-electron chi connectivity index (χ2n) is 2.23. The number of amides is 1. The molecule has 3 nitrogen and oxygen atoms in total. The van der Waals surface area contributed by atoms with Crippen LogP contribution in [0.15, 0.2) is 16.6 Å². The number of carbonyl (C=O) groups excluding carboxylic acids is 1. The first-order chi connectivity index (χ1) is 6.19. The number of benzene rings is 1. The summed E-state index contributed by atoms with van der Waals surface area (Å²) in [7, 11) is 1.44. The Bertz CT molecular complexity index is 330. The molecular weight excluding hydrogens is 241 g/mol. The van der Waals surface area contributed by atoms with E-state index < -0.39 is 5.82 Å². The number of hydrogen-bond donors (Lipinski definition) is 1. The zero-order chi connectivity index (χ0) is 9.84. The minimum Gasteiger partial charge on any atom is -0.495 e. The highest BCUT2D eigenvalue weighted by atomic mass is 79.9. The molecule has 1 N–H and O–H groups in total. The molecule has 0 aliphatic carbocycles. The summed E-state index contributed by atoms with van der Waals surface area (Å²) in [5.74, 6) is -0.0504. The van der Waals surface area contributed by atoms with Crippen LogP contribution in [0, 0.1) is 5.82 Å². The normalized spacial score (nSPS) is 9.46. The number of hydrogen-bond acceptors (Lipinski definition) is 2. The Labute approximate surface area is 83.0 Å². The summed E-state index contributed by atoms with van der Waals surface area (Å²) in [5.41, 5.74) is 0.304. The SMILES string of the molecule is COc1cc(Br)c(F)cc1NC=O. The smallest absolute Gasteiger partial charge is 0.211 e. The van der Waals surface area contributed by atoms with E-state index in [0.29, 0.717) is 22.3 Å². The molecule has 1 aromatic rings. The lowest BCUT2D eigenvalue weighted by atomic mass is 10.3.